The maximum absolute atomic E-state index is 5.46. The van der Waals surface area contributed by atoms with Gasteiger partial charge in [-0.15, -0.1) is 0 Å². The van der Waals surface area contributed by atoms with Gasteiger partial charge in [-0.2, -0.15) is 0 Å². The van der Waals surface area contributed by atoms with Gasteiger partial charge in [-0.25, -0.2) is 4.99 Å². The van der Waals surface area contributed by atoms with E-state index in [4.69, 9.17) is 23.9 Å². The van der Waals surface area contributed by atoms with E-state index in [0.29, 0.717) is 12.6 Å². The first-order valence-electron chi connectivity index (χ1n) is 10.6. The third-order valence-corrected chi connectivity index (χ3v) is 5.43. The Labute approximate surface area is 183 Å². The monoisotopic (exact) mass is 426 g/mol. The molecule has 0 aliphatic carbocycles. The van der Waals surface area contributed by atoms with Crippen molar-refractivity contribution in [2.24, 2.45) is 4.99 Å². The summed E-state index contributed by atoms with van der Waals surface area (Å²) in [6.45, 7) is 5.55. The molecule has 2 N–H and O–H groups in total. The molecule has 1 saturated heterocycles. The maximum Gasteiger partial charge on any atom is 0.231 e. The molecule has 0 aromatic heterocycles. The van der Waals surface area contributed by atoms with Crippen LogP contribution in [-0.4, -0.2) is 52.6 Å². The Morgan fingerprint density at radius 3 is 2.61 bits per heavy atom. The smallest absolute Gasteiger partial charge is 0.231 e. The molecule has 2 aliphatic rings. The van der Waals surface area contributed by atoms with Crippen molar-refractivity contribution in [2.75, 3.05) is 45.5 Å². The first kappa shape index (κ1) is 21.0. The van der Waals surface area contributed by atoms with Gasteiger partial charge in [0.25, 0.3) is 0 Å². The molecule has 8 nitrogen and oxygen atoms in total. The zero-order valence-corrected chi connectivity index (χ0v) is 18.3. The summed E-state index contributed by atoms with van der Waals surface area (Å²) >= 11 is 0. The lowest BCUT2D eigenvalue weighted by molar-refractivity contribution is 0.174. The second-order valence-corrected chi connectivity index (χ2v) is 7.53. The van der Waals surface area contributed by atoms with E-state index in [1.807, 2.05) is 36.4 Å². The van der Waals surface area contributed by atoms with Gasteiger partial charge in [-0.05, 0) is 31.0 Å². The minimum absolute atomic E-state index is 0.281. The van der Waals surface area contributed by atoms with Gasteiger partial charge in [0.05, 0.1) is 20.8 Å². The average molecular weight is 427 g/mol. The Bertz CT molecular complexity index is 912. The van der Waals surface area contributed by atoms with Crippen LogP contribution in [-0.2, 0) is 6.54 Å². The molecule has 0 spiro atoms. The number of hydrogen-bond acceptors (Lipinski definition) is 6. The fourth-order valence-corrected chi connectivity index (χ4v) is 3.81. The number of nitrogens with zero attached hydrogens (tertiary/aromatic N) is 2. The van der Waals surface area contributed by atoms with Gasteiger partial charge >= 0.3 is 0 Å². The first-order chi connectivity index (χ1) is 15.2. The molecule has 8 heteroatoms. The Balaban J connectivity index is 1.39. The van der Waals surface area contributed by atoms with Crippen molar-refractivity contribution in [1.29, 1.82) is 0 Å². The summed E-state index contributed by atoms with van der Waals surface area (Å²) in [7, 11) is 3.35. The number of aliphatic imine (C=N–C) groups is 1. The molecule has 2 aliphatic heterocycles. The Morgan fingerprint density at radius 1 is 1.10 bits per heavy atom. The summed E-state index contributed by atoms with van der Waals surface area (Å²) in [5, 5.41) is 6.92. The average Bonchev–Trinajstić information content (AvgIpc) is 3.46. The van der Waals surface area contributed by atoms with Crippen LogP contribution in [0.4, 0.5) is 5.69 Å². The van der Waals surface area contributed by atoms with Gasteiger partial charge in [-0.1, -0.05) is 6.07 Å². The minimum atomic E-state index is 0.281. The number of nitrogens with one attached hydrogen (secondary N) is 2. The molecule has 2 heterocycles. The van der Waals surface area contributed by atoms with Crippen LogP contribution in [0.15, 0.2) is 41.4 Å². The molecule has 31 heavy (non-hydrogen) atoms. The molecule has 1 fully saturated rings. The normalized spacial score (nSPS) is 17.6. The van der Waals surface area contributed by atoms with Gasteiger partial charge in [0.15, 0.2) is 17.5 Å². The molecule has 1 unspecified atom stereocenters. The highest BCUT2D eigenvalue weighted by Gasteiger charge is 2.24. The molecule has 0 bridgehead atoms. The molecule has 2 aromatic carbocycles. The van der Waals surface area contributed by atoms with Crippen molar-refractivity contribution in [3.63, 3.8) is 0 Å². The van der Waals surface area contributed by atoms with Crippen LogP contribution in [0.3, 0.4) is 0 Å². The van der Waals surface area contributed by atoms with Crippen LogP contribution in [0.2, 0.25) is 0 Å². The Kier molecular flexibility index (Phi) is 6.54. The standard InChI is InChI=1S/C23H30N4O4/c1-4-24-23(25-13-16-5-6-21-22(9-16)31-15-30-21)26-17-7-8-27(14-17)18-10-19(28-2)12-20(11-18)29-3/h5-6,9-12,17H,4,7-8,13-15H2,1-3H3,(H2,24,25,26). The number of hydrogen-bond donors (Lipinski definition) is 2. The van der Waals surface area contributed by atoms with Gasteiger partial charge in [0.1, 0.15) is 11.5 Å². The molecule has 2 aromatic rings. The fraction of sp³-hybridized carbons (Fsp3) is 0.435. The number of guanidine groups is 1. The summed E-state index contributed by atoms with van der Waals surface area (Å²) in [4.78, 5) is 7.10. The van der Waals surface area contributed by atoms with Gasteiger partial charge in [0, 0.05) is 49.6 Å². The number of fused-ring (bicyclic) bond motifs is 1. The van der Waals surface area contributed by atoms with Crippen LogP contribution in [0, 0.1) is 0 Å². The van der Waals surface area contributed by atoms with Crippen molar-refractivity contribution in [1.82, 2.24) is 10.6 Å². The summed E-state index contributed by atoms with van der Waals surface area (Å²) in [6, 6.07) is 12.2. The van der Waals surface area contributed by atoms with Crippen LogP contribution < -0.4 is 34.5 Å². The zero-order valence-electron chi connectivity index (χ0n) is 18.3. The van der Waals surface area contributed by atoms with E-state index in [2.05, 4.69) is 22.5 Å². The molecule has 166 valence electrons. The summed E-state index contributed by atoms with van der Waals surface area (Å²) in [5.41, 5.74) is 2.18. The highest BCUT2D eigenvalue weighted by Crippen LogP contribution is 2.33. The zero-order chi connectivity index (χ0) is 21.6. The molecule has 1 atom stereocenters. The first-order valence-corrected chi connectivity index (χ1v) is 10.6. The second kappa shape index (κ2) is 9.68. The van der Waals surface area contributed by atoms with E-state index in [1.165, 1.54) is 0 Å². The van der Waals surface area contributed by atoms with Gasteiger partial charge in [-0.3, -0.25) is 0 Å². The molecular formula is C23H30N4O4. The molecule has 0 amide bonds. The van der Waals surface area contributed by atoms with Crippen molar-refractivity contribution in [3.8, 4) is 23.0 Å². The molecular weight excluding hydrogens is 396 g/mol. The van der Waals surface area contributed by atoms with E-state index < -0.39 is 0 Å². The van der Waals surface area contributed by atoms with E-state index in [9.17, 15) is 0 Å². The van der Waals surface area contributed by atoms with Crippen molar-refractivity contribution >= 4 is 11.6 Å². The molecule has 4 rings (SSSR count). The topological polar surface area (TPSA) is 76.6 Å². The largest absolute Gasteiger partial charge is 0.497 e. The number of anilines is 1. The minimum Gasteiger partial charge on any atom is -0.497 e. The number of ether oxygens (including phenoxy) is 4. The van der Waals surface area contributed by atoms with Crippen molar-refractivity contribution in [3.05, 3.63) is 42.0 Å². The van der Waals surface area contributed by atoms with E-state index in [0.717, 1.165) is 66.3 Å². The predicted molar refractivity (Wildman–Crippen MR) is 121 cm³/mol. The van der Waals surface area contributed by atoms with Crippen LogP contribution in [0.5, 0.6) is 23.0 Å². The number of benzene rings is 2. The van der Waals surface area contributed by atoms with Crippen LogP contribution in [0.1, 0.15) is 18.9 Å². The summed E-state index contributed by atoms with van der Waals surface area (Å²) in [5.74, 6) is 3.98. The number of methoxy groups -OCH3 is 2. The SMILES string of the molecule is CCNC(=NCc1ccc2c(c1)OCO2)NC1CCN(c2cc(OC)cc(OC)c2)C1. The second-order valence-electron chi connectivity index (χ2n) is 7.53. The molecule has 0 radical (unpaired) electrons. The summed E-state index contributed by atoms with van der Waals surface area (Å²) in [6.07, 6.45) is 1.02. The van der Waals surface area contributed by atoms with Crippen LogP contribution in [0.25, 0.3) is 0 Å². The Morgan fingerprint density at radius 2 is 1.87 bits per heavy atom. The lowest BCUT2D eigenvalue weighted by atomic mass is 10.2. The van der Waals surface area contributed by atoms with E-state index in [-0.39, 0.29) is 6.79 Å². The van der Waals surface area contributed by atoms with Gasteiger partial charge in [0.2, 0.25) is 6.79 Å². The number of rotatable bonds is 7. The highest BCUT2D eigenvalue weighted by molar-refractivity contribution is 5.80. The van der Waals surface area contributed by atoms with E-state index in [1.54, 1.807) is 14.2 Å². The summed E-state index contributed by atoms with van der Waals surface area (Å²) < 4.78 is 21.7. The fourth-order valence-electron chi connectivity index (χ4n) is 3.81. The maximum atomic E-state index is 5.46. The lowest BCUT2D eigenvalue weighted by Crippen LogP contribution is -2.44. The quantitative estimate of drug-likeness (QED) is 0.521. The predicted octanol–water partition coefficient (Wildman–Crippen LogP) is 2.77. The Hall–Kier alpha value is -3.29. The van der Waals surface area contributed by atoms with Crippen LogP contribution >= 0.6 is 0 Å². The molecule has 0 saturated carbocycles. The van der Waals surface area contributed by atoms with Crippen molar-refractivity contribution < 1.29 is 18.9 Å². The van der Waals surface area contributed by atoms with Crippen molar-refractivity contribution in [2.45, 2.75) is 25.9 Å². The third kappa shape index (κ3) is 5.07. The lowest BCUT2D eigenvalue weighted by Gasteiger charge is -2.21. The highest BCUT2D eigenvalue weighted by atomic mass is 16.7. The van der Waals surface area contributed by atoms with Gasteiger partial charge < -0.3 is 34.5 Å². The third-order valence-electron chi connectivity index (χ3n) is 5.43. The van der Waals surface area contributed by atoms with E-state index >= 15 is 0 Å².